The lowest BCUT2D eigenvalue weighted by molar-refractivity contribution is -0.705. The van der Waals surface area contributed by atoms with E-state index in [-0.39, 0.29) is 0 Å². The predicted octanol–water partition coefficient (Wildman–Crippen LogP) is 3.07. The number of quaternary nitrogens is 1. The molecule has 4 rings (SSSR count). The van der Waals surface area contributed by atoms with Gasteiger partial charge >= 0.3 is 0 Å². The molecule has 0 saturated heterocycles. The first kappa shape index (κ1) is 19.8. The lowest BCUT2D eigenvalue weighted by atomic mass is 9.91. The Morgan fingerprint density at radius 3 is 2.24 bits per heavy atom. The molecule has 154 valence electrons. The zero-order chi connectivity index (χ0) is 20.5. The molecule has 0 spiro atoms. The molecule has 29 heavy (non-hydrogen) atoms. The van der Waals surface area contributed by atoms with Gasteiger partial charge in [-0.25, -0.2) is 0 Å². The Balaban J connectivity index is 1.62. The van der Waals surface area contributed by atoms with E-state index in [1.54, 1.807) is 0 Å². The molecular formula is C24H34N5+. The van der Waals surface area contributed by atoms with Crippen molar-refractivity contribution >= 4 is 28.6 Å². The van der Waals surface area contributed by atoms with Crippen LogP contribution in [-0.2, 0) is 12.8 Å². The van der Waals surface area contributed by atoms with E-state index in [9.17, 15) is 0 Å². The van der Waals surface area contributed by atoms with Crippen LogP contribution in [0.2, 0.25) is 0 Å². The summed E-state index contributed by atoms with van der Waals surface area (Å²) < 4.78 is 0. The minimum atomic E-state index is 1.05. The van der Waals surface area contributed by atoms with Crippen molar-refractivity contribution in [1.82, 2.24) is 0 Å². The monoisotopic (exact) mass is 392 g/mol. The zero-order valence-electron chi connectivity index (χ0n) is 18.5. The lowest BCUT2D eigenvalue weighted by Gasteiger charge is -2.37. The highest BCUT2D eigenvalue weighted by Crippen LogP contribution is 2.38. The third-order valence-corrected chi connectivity index (χ3v) is 6.32. The first-order valence-corrected chi connectivity index (χ1v) is 10.8. The molecule has 1 N–H and O–H groups in total. The van der Waals surface area contributed by atoms with E-state index >= 15 is 0 Å². The number of anilines is 3. The van der Waals surface area contributed by atoms with E-state index in [1.807, 2.05) is 0 Å². The first-order valence-electron chi connectivity index (χ1n) is 10.8. The van der Waals surface area contributed by atoms with Crippen molar-refractivity contribution in [3.8, 4) is 0 Å². The Hall–Kier alpha value is -2.53. The fourth-order valence-corrected chi connectivity index (χ4v) is 4.71. The number of benzene rings is 2. The smallest absolute Gasteiger partial charge is 0.220 e. The van der Waals surface area contributed by atoms with Crippen LogP contribution in [0.5, 0.6) is 0 Å². The van der Waals surface area contributed by atoms with E-state index in [4.69, 9.17) is 5.10 Å². The molecule has 2 aliphatic heterocycles. The van der Waals surface area contributed by atoms with Crippen molar-refractivity contribution in [3.63, 3.8) is 0 Å². The van der Waals surface area contributed by atoms with Crippen LogP contribution in [0.25, 0.3) is 0 Å². The number of aryl methyl sites for hydroxylation is 2. The van der Waals surface area contributed by atoms with Crippen LogP contribution in [0.15, 0.2) is 41.5 Å². The molecular weight excluding hydrogens is 358 g/mol. The van der Waals surface area contributed by atoms with E-state index in [2.05, 4.69) is 86.3 Å². The average Bonchev–Trinajstić information content (AvgIpc) is 2.73. The molecule has 0 aliphatic carbocycles. The summed E-state index contributed by atoms with van der Waals surface area (Å²) in [5.74, 6) is 1.05. The minimum absolute atomic E-state index is 1.05. The van der Waals surface area contributed by atoms with E-state index in [1.165, 1.54) is 77.5 Å². The van der Waals surface area contributed by atoms with Crippen LogP contribution in [0.4, 0.5) is 22.7 Å². The summed E-state index contributed by atoms with van der Waals surface area (Å²) >= 11 is 0. The summed E-state index contributed by atoms with van der Waals surface area (Å²) in [6.45, 7) is 4.54. The molecule has 1 atom stereocenters. The SMILES string of the molecule is C/C(=N\N(C)c1cc2c3c(c1)CCCN3CCC2)[NH+](C)c1ccccc1N(C)C. The second kappa shape index (κ2) is 8.07. The van der Waals surface area contributed by atoms with E-state index in [0.717, 1.165) is 5.84 Å². The van der Waals surface area contributed by atoms with Crippen LogP contribution in [0.1, 0.15) is 30.9 Å². The first-order chi connectivity index (χ1) is 14.0. The number of nitrogens with one attached hydrogen (secondary N) is 1. The molecule has 5 nitrogen and oxygen atoms in total. The number of rotatable bonds is 4. The van der Waals surface area contributed by atoms with Gasteiger partial charge in [0.1, 0.15) is 0 Å². The largest absolute Gasteiger partial charge is 0.373 e. The highest BCUT2D eigenvalue weighted by Gasteiger charge is 2.25. The maximum absolute atomic E-state index is 4.97. The number of hydrogen-bond donors (Lipinski definition) is 1. The third kappa shape index (κ3) is 3.84. The number of amidine groups is 1. The third-order valence-electron chi connectivity index (χ3n) is 6.32. The van der Waals surface area contributed by atoms with Crippen LogP contribution in [0.3, 0.4) is 0 Å². The van der Waals surface area contributed by atoms with E-state index < -0.39 is 0 Å². The van der Waals surface area contributed by atoms with Crippen molar-refractivity contribution < 1.29 is 4.90 Å². The van der Waals surface area contributed by atoms with Crippen LogP contribution < -0.4 is 19.7 Å². The summed E-state index contributed by atoms with van der Waals surface area (Å²) in [5, 5.41) is 7.02. The molecule has 2 heterocycles. The summed E-state index contributed by atoms with van der Waals surface area (Å²) in [5.41, 5.74) is 8.19. The number of para-hydroxylation sites is 2. The van der Waals surface area contributed by atoms with Gasteiger partial charge in [-0.1, -0.05) is 12.1 Å². The van der Waals surface area contributed by atoms with Crippen molar-refractivity contribution in [3.05, 3.63) is 47.5 Å². The van der Waals surface area contributed by atoms with Gasteiger partial charge in [-0.2, -0.15) is 0 Å². The zero-order valence-corrected chi connectivity index (χ0v) is 18.5. The summed E-state index contributed by atoms with van der Waals surface area (Å²) in [6, 6.07) is 13.2. The molecule has 2 aromatic carbocycles. The molecule has 2 aromatic rings. The molecule has 0 bridgehead atoms. The number of hydrazone groups is 1. The van der Waals surface area contributed by atoms with Gasteiger partial charge in [0.25, 0.3) is 0 Å². The quantitative estimate of drug-likeness (QED) is 0.492. The Labute approximate surface area is 175 Å². The van der Waals surface area contributed by atoms with Crippen molar-refractivity contribution in [2.45, 2.75) is 32.6 Å². The Kier molecular flexibility index (Phi) is 5.50. The summed E-state index contributed by atoms with van der Waals surface area (Å²) in [7, 11) is 8.43. The fourth-order valence-electron chi connectivity index (χ4n) is 4.71. The standard InChI is InChI=1S/C24H33N5/c1-18(27(4)23-13-7-6-12-22(23)26(2)3)25-28(5)21-16-19-10-8-14-29-15-9-11-20(17-21)24(19)29/h6-7,12-13,16-17H,8-11,14-15H2,1-5H3/p+1/b25-18+. The molecule has 0 saturated carbocycles. The number of nitrogens with zero attached hydrogens (tertiary/aromatic N) is 4. The van der Waals surface area contributed by atoms with Crippen LogP contribution in [0, 0.1) is 0 Å². The van der Waals surface area contributed by atoms with Gasteiger partial charge in [-0.3, -0.25) is 9.91 Å². The molecule has 0 aromatic heterocycles. The average molecular weight is 393 g/mol. The summed E-state index contributed by atoms with van der Waals surface area (Å²) in [4.78, 5) is 5.97. The van der Waals surface area contributed by atoms with Gasteiger partial charge in [0.2, 0.25) is 5.84 Å². The molecule has 0 radical (unpaired) electrons. The molecule has 0 amide bonds. The fraction of sp³-hybridized carbons (Fsp3) is 0.458. The Morgan fingerprint density at radius 2 is 1.62 bits per heavy atom. The van der Waals surface area contributed by atoms with E-state index in [0.29, 0.717) is 0 Å². The second-order valence-electron chi connectivity index (χ2n) is 8.55. The van der Waals surface area contributed by atoms with Crippen molar-refractivity contribution in [1.29, 1.82) is 0 Å². The maximum Gasteiger partial charge on any atom is 0.220 e. The van der Waals surface area contributed by atoms with Gasteiger partial charge in [0.05, 0.1) is 18.4 Å². The highest BCUT2D eigenvalue weighted by atomic mass is 15.5. The second-order valence-corrected chi connectivity index (χ2v) is 8.55. The molecule has 0 fully saturated rings. The number of hydrogen-bond acceptors (Lipinski definition) is 4. The van der Waals surface area contributed by atoms with Crippen molar-refractivity contribution in [2.75, 3.05) is 56.1 Å². The van der Waals surface area contributed by atoms with Crippen LogP contribution in [-0.4, -0.2) is 47.1 Å². The van der Waals surface area contributed by atoms with Gasteiger partial charge in [0, 0.05) is 52.9 Å². The van der Waals surface area contributed by atoms with Gasteiger partial charge < -0.3 is 9.80 Å². The predicted molar refractivity (Wildman–Crippen MR) is 124 cm³/mol. The molecule has 5 heteroatoms. The minimum Gasteiger partial charge on any atom is -0.373 e. The van der Waals surface area contributed by atoms with Crippen LogP contribution >= 0.6 is 0 Å². The van der Waals surface area contributed by atoms with Gasteiger partial charge in [0.15, 0.2) is 5.69 Å². The van der Waals surface area contributed by atoms with Crippen molar-refractivity contribution in [2.24, 2.45) is 5.10 Å². The Morgan fingerprint density at radius 1 is 1.00 bits per heavy atom. The highest BCUT2D eigenvalue weighted by molar-refractivity contribution is 5.77. The lowest BCUT2D eigenvalue weighted by Crippen LogP contribution is -3.06. The molecule has 1 unspecified atom stereocenters. The van der Waals surface area contributed by atoms with Gasteiger partial charge in [-0.05, 0) is 55.0 Å². The maximum atomic E-state index is 4.97. The topological polar surface area (TPSA) is 26.5 Å². The normalized spacial score (nSPS) is 17.0. The Bertz CT molecular complexity index is 886. The van der Waals surface area contributed by atoms with Gasteiger partial charge in [-0.15, -0.1) is 5.10 Å². The molecule has 2 aliphatic rings. The summed E-state index contributed by atoms with van der Waals surface area (Å²) in [6.07, 6.45) is 4.89.